The summed E-state index contributed by atoms with van der Waals surface area (Å²) in [6.07, 6.45) is 2.90. The lowest BCUT2D eigenvalue weighted by molar-refractivity contribution is 0.261. The maximum atomic E-state index is 5.85. The van der Waals surface area contributed by atoms with E-state index in [1.165, 1.54) is 5.56 Å². The molecule has 1 aromatic carbocycles. The first kappa shape index (κ1) is 20.8. The summed E-state index contributed by atoms with van der Waals surface area (Å²) in [5.41, 5.74) is 9.50. The van der Waals surface area contributed by atoms with Crippen molar-refractivity contribution in [1.29, 1.82) is 0 Å². The molecule has 29 heavy (non-hydrogen) atoms. The van der Waals surface area contributed by atoms with Gasteiger partial charge in [0.25, 0.3) is 0 Å². The largest absolute Gasteiger partial charge is 0.492 e. The number of fused-ring (bicyclic) bond motifs is 1. The molecule has 0 spiro atoms. The van der Waals surface area contributed by atoms with Crippen molar-refractivity contribution in [3.63, 3.8) is 0 Å². The van der Waals surface area contributed by atoms with Crippen molar-refractivity contribution in [3.8, 4) is 5.75 Å². The molecule has 3 N–H and O–H groups in total. The first-order valence-corrected chi connectivity index (χ1v) is 10.1. The van der Waals surface area contributed by atoms with E-state index in [4.69, 9.17) is 15.5 Å². The zero-order valence-corrected chi connectivity index (χ0v) is 17.5. The number of hydrogen-bond donors (Lipinski definition) is 2. The van der Waals surface area contributed by atoms with E-state index < -0.39 is 0 Å². The minimum atomic E-state index is 0.260. The molecule has 154 valence electrons. The van der Waals surface area contributed by atoms with Gasteiger partial charge in [0.2, 0.25) is 5.95 Å². The minimum absolute atomic E-state index is 0.260. The molecular weight excluding hydrogens is 364 g/mol. The molecular formula is C22H30N6O. The van der Waals surface area contributed by atoms with Crippen LogP contribution in [0.1, 0.15) is 31.0 Å². The number of aromatic nitrogens is 3. The number of unbranched alkanes of at least 4 members (excludes halogenated alkanes) is 1. The van der Waals surface area contributed by atoms with Crippen LogP contribution in [0.25, 0.3) is 11.0 Å². The molecule has 7 heteroatoms. The predicted octanol–water partition coefficient (Wildman–Crippen LogP) is 3.35. The summed E-state index contributed by atoms with van der Waals surface area (Å²) in [6, 6.07) is 12.1. The number of anilines is 2. The fraction of sp³-hybridized carbons (Fsp3) is 0.409. The standard InChI is InChI=1S/C22H30N6O/c1-4-5-12-24-21-20-19(26-22(23)27-21)11-8-17(25-20)15-16-6-9-18(10-7-16)29-14-13-28(2)3/h6-11H,4-5,12-15H2,1-3H3,(H3,23,24,26,27). The molecule has 0 amide bonds. The first-order chi connectivity index (χ1) is 14.0. The molecule has 0 saturated carbocycles. The molecule has 0 aliphatic rings. The van der Waals surface area contributed by atoms with Crippen LogP contribution in [0, 0.1) is 0 Å². The van der Waals surface area contributed by atoms with Gasteiger partial charge in [-0.05, 0) is 50.3 Å². The fourth-order valence-corrected chi connectivity index (χ4v) is 2.94. The fourth-order valence-electron chi connectivity index (χ4n) is 2.94. The van der Waals surface area contributed by atoms with Crippen molar-refractivity contribution in [2.45, 2.75) is 26.2 Å². The Labute approximate surface area is 172 Å². The van der Waals surface area contributed by atoms with E-state index in [9.17, 15) is 0 Å². The summed E-state index contributed by atoms with van der Waals surface area (Å²) < 4.78 is 5.76. The molecule has 0 atom stereocenters. The molecule has 2 heterocycles. The van der Waals surface area contributed by atoms with Crippen LogP contribution in [-0.2, 0) is 6.42 Å². The Hall–Kier alpha value is -2.93. The summed E-state index contributed by atoms with van der Waals surface area (Å²) in [5, 5.41) is 3.34. The smallest absolute Gasteiger partial charge is 0.222 e. The van der Waals surface area contributed by atoms with Crippen LogP contribution in [0.2, 0.25) is 0 Å². The number of nitrogens with two attached hydrogens (primary N) is 1. The number of rotatable bonds is 10. The van der Waals surface area contributed by atoms with Gasteiger partial charge in [0.05, 0.1) is 5.52 Å². The summed E-state index contributed by atoms with van der Waals surface area (Å²) >= 11 is 0. The summed E-state index contributed by atoms with van der Waals surface area (Å²) in [7, 11) is 4.07. The van der Waals surface area contributed by atoms with Crippen LogP contribution in [-0.4, -0.2) is 53.6 Å². The summed E-state index contributed by atoms with van der Waals surface area (Å²) in [4.78, 5) is 15.6. The van der Waals surface area contributed by atoms with Crippen molar-refractivity contribution in [2.24, 2.45) is 0 Å². The van der Waals surface area contributed by atoms with Crippen LogP contribution in [0.4, 0.5) is 11.8 Å². The van der Waals surface area contributed by atoms with Crippen LogP contribution in [0.3, 0.4) is 0 Å². The minimum Gasteiger partial charge on any atom is -0.492 e. The molecule has 0 fully saturated rings. The second-order valence-electron chi connectivity index (χ2n) is 7.35. The summed E-state index contributed by atoms with van der Waals surface area (Å²) in [5.74, 6) is 1.84. The Morgan fingerprint density at radius 2 is 1.83 bits per heavy atom. The molecule has 0 aliphatic heterocycles. The van der Waals surface area contributed by atoms with Gasteiger partial charge in [-0.1, -0.05) is 25.5 Å². The molecule has 2 aromatic heterocycles. The molecule has 0 unspecified atom stereocenters. The van der Waals surface area contributed by atoms with Gasteiger partial charge in [0, 0.05) is 25.2 Å². The number of nitrogen functional groups attached to an aromatic ring is 1. The second kappa shape index (κ2) is 10.0. The van der Waals surface area contributed by atoms with Crippen molar-refractivity contribution in [1.82, 2.24) is 19.9 Å². The van der Waals surface area contributed by atoms with Crippen molar-refractivity contribution in [3.05, 3.63) is 47.7 Å². The molecule has 0 radical (unpaired) electrons. The van der Waals surface area contributed by atoms with Gasteiger partial charge >= 0.3 is 0 Å². The monoisotopic (exact) mass is 394 g/mol. The molecule has 0 bridgehead atoms. The first-order valence-electron chi connectivity index (χ1n) is 10.1. The normalized spacial score (nSPS) is 11.2. The Morgan fingerprint density at radius 1 is 1.03 bits per heavy atom. The van der Waals surface area contributed by atoms with Gasteiger partial charge in [-0.3, -0.25) is 0 Å². The van der Waals surface area contributed by atoms with E-state index in [1.54, 1.807) is 0 Å². The number of nitrogens with zero attached hydrogens (tertiary/aromatic N) is 4. The zero-order valence-electron chi connectivity index (χ0n) is 17.5. The molecule has 0 aliphatic carbocycles. The predicted molar refractivity (Wildman–Crippen MR) is 118 cm³/mol. The van der Waals surface area contributed by atoms with Gasteiger partial charge in [0.15, 0.2) is 5.82 Å². The number of ether oxygens (including phenoxy) is 1. The quantitative estimate of drug-likeness (QED) is 0.510. The number of likely N-dealkylation sites (N-methyl/N-ethyl adjacent to an activating group) is 1. The number of pyridine rings is 1. The lowest BCUT2D eigenvalue weighted by Gasteiger charge is -2.11. The highest BCUT2D eigenvalue weighted by molar-refractivity contribution is 5.86. The van der Waals surface area contributed by atoms with Crippen LogP contribution < -0.4 is 15.8 Å². The SMILES string of the molecule is CCCCNc1nc(N)nc2ccc(Cc3ccc(OCCN(C)C)cc3)nc12. The number of benzene rings is 1. The summed E-state index contributed by atoms with van der Waals surface area (Å²) in [6.45, 7) is 4.56. The Morgan fingerprint density at radius 3 is 2.55 bits per heavy atom. The highest BCUT2D eigenvalue weighted by atomic mass is 16.5. The van der Waals surface area contributed by atoms with Crippen LogP contribution >= 0.6 is 0 Å². The third-order valence-electron chi connectivity index (χ3n) is 4.56. The van der Waals surface area contributed by atoms with Gasteiger partial charge < -0.3 is 20.7 Å². The number of nitrogens with one attached hydrogen (secondary N) is 1. The van der Waals surface area contributed by atoms with E-state index in [0.717, 1.165) is 54.8 Å². The highest BCUT2D eigenvalue weighted by Crippen LogP contribution is 2.21. The van der Waals surface area contributed by atoms with E-state index in [-0.39, 0.29) is 5.95 Å². The van der Waals surface area contributed by atoms with Crippen molar-refractivity contribution < 1.29 is 4.74 Å². The van der Waals surface area contributed by atoms with Crippen molar-refractivity contribution >= 4 is 22.8 Å². The van der Waals surface area contributed by atoms with E-state index in [0.29, 0.717) is 12.4 Å². The Balaban J connectivity index is 1.72. The van der Waals surface area contributed by atoms with Gasteiger partial charge in [-0.15, -0.1) is 0 Å². The Kier molecular flexibility index (Phi) is 7.19. The van der Waals surface area contributed by atoms with Gasteiger partial charge in [-0.25, -0.2) is 9.97 Å². The lowest BCUT2D eigenvalue weighted by Crippen LogP contribution is -2.19. The lowest BCUT2D eigenvalue weighted by atomic mass is 10.1. The maximum Gasteiger partial charge on any atom is 0.222 e. The van der Waals surface area contributed by atoms with Crippen LogP contribution in [0.15, 0.2) is 36.4 Å². The molecule has 3 aromatic rings. The third-order valence-corrected chi connectivity index (χ3v) is 4.56. The van der Waals surface area contributed by atoms with Crippen LogP contribution in [0.5, 0.6) is 5.75 Å². The maximum absolute atomic E-state index is 5.85. The third kappa shape index (κ3) is 6.02. The average Bonchev–Trinajstić information content (AvgIpc) is 2.69. The molecule has 3 rings (SSSR count). The molecule has 0 saturated heterocycles. The highest BCUT2D eigenvalue weighted by Gasteiger charge is 2.09. The topological polar surface area (TPSA) is 89.2 Å². The van der Waals surface area contributed by atoms with Crippen molar-refractivity contribution in [2.75, 3.05) is 44.8 Å². The van der Waals surface area contributed by atoms with Gasteiger partial charge in [0.1, 0.15) is 17.9 Å². The Bertz CT molecular complexity index is 926. The average molecular weight is 395 g/mol. The molecule has 7 nitrogen and oxygen atoms in total. The van der Waals surface area contributed by atoms with E-state index in [2.05, 4.69) is 39.2 Å². The van der Waals surface area contributed by atoms with E-state index in [1.807, 2.05) is 38.4 Å². The number of hydrogen-bond acceptors (Lipinski definition) is 7. The zero-order chi connectivity index (χ0) is 20.6. The second-order valence-corrected chi connectivity index (χ2v) is 7.35. The van der Waals surface area contributed by atoms with E-state index >= 15 is 0 Å². The van der Waals surface area contributed by atoms with Gasteiger partial charge in [-0.2, -0.15) is 4.98 Å².